The van der Waals surface area contributed by atoms with Gasteiger partial charge in [-0.3, -0.25) is 4.79 Å². The molecule has 1 amide bonds. The summed E-state index contributed by atoms with van der Waals surface area (Å²) in [6.45, 7) is 1.86. The topological polar surface area (TPSA) is 79.2 Å². The van der Waals surface area contributed by atoms with E-state index in [1.807, 2.05) is 30.3 Å². The lowest BCUT2D eigenvalue weighted by Gasteiger charge is -2.31. The van der Waals surface area contributed by atoms with Crippen LogP contribution >= 0.6 is 11.6 Å². The number of hydrogen-bond donors (Lipinski definition) is 1. The maximum absolute atomic E-state index is 12.9. The Labute approximate surface area is 168 Å². The lowest BCUT2D eigenvalue weighted by molar-refractivity contribution is -0.157. The highest BCUT2D eigenvalue weighted by atomic mass is 35.5. The molecule has 1 atom stereocenters. The van der Waals surface area contributed by atoms with Gasteiger partial charge in [0.2, 0.25) is 5.91 Å². The molecule has 0 aromatic heterocycles. The van der Waals surface area contributed by atoms with Gasteiger partial charge in [-0.1, -0.05) is 54.1 Å². The van der Waals surface area contributed by atoms with Gasteiger partial charge in [0.15, 0.2) is 11.4 Å². The molecule has 3 rings (SSSR count). The van der Waals surface area contributed by atoms with Gasteiger partial charge < -0.3 is 9.84 Å². The maximum Gasteiger partial charge on any atom is 0.354 e. The molecule has 28 heavy (non-hydrogen) atoms. The zero-order chi connectivity index (χ0) is 20.1. The molecule has 6 nitrogen and oxygen atoms in total. The fourth-order valence-corrected chi connectivity index (χ4v) is 3.21. The number of benzene rings is 2. The number of halogens is 1. The number of aryl methyl sites for hydroxylation is 1. The number of hydrogen-bond acceptors (Lipinski definition) is 5. The van der Waals surface area contributed by atoms with Crippen LogP contribution < -0.4 is 0 Å². The average molecular weight is 401 g/mol. The number of aliphatic hydroxyl groups is 1. The van der Waals surface area contributed by atoms with Gasteiger partial charge in [0.25, 0.3) is 0 Å². The summed E-state index contributed by atoms with van der Waals surface area (Å²) >= 11 is 5.94. The van der Waals surface area contributed by atoms with Crippen molar-refractivity contribution in [3.8, 4) is 0 Å². The number of rotatable bonds is 6. The van der Waals surface area contributed by atoms with E-state index in [0.29, 0.717) is 17.0 Å². The van der Waals surface area contributed by atoms with Crippen LogP contribution in [0.15, 0.2) is 59.7 Å². The molecule has 0 spiro atoms. The summed E-state index contributed by atoms with van der Waals surface area (Å²) in [6, 6.07) is 16.0. The third-order valence-electron chi connectivity index (χ3n) is 4.51. The van der Waals surface area contributed by atoms with Crippen LogP contribution in [0.25, 0.3) is 0 Å². The first-order valence-electron chi connectivity index (χ1n) is 9.04. The smallest absolute Gasteiger partial charge is 0.354 e. The molecule has 0 bridgehead atoms. The minimum Gasteiger partial charge on any atom is -0.461 e. The standard InChI is InChI=1S/C21H21ClN2O4/c1-2-28-20(26)18-14-21(27,16-9-11-17(22)12-10-16)24(23-18)19(25)13-8-15-6-4-3-5-7-15/h3-7,9-12,27H,2,8,13-14H2,1H3. The lowest BCUT2D eigenvalue weighted by Crippen LogP contribution is -2.43. The fraction of sp³-hybridized carbons (Fsp3) is 0.286. The van der Waals surface area contributed by atoms with Gasteiger partial charge >= 0.3 is 5.97 Å². The molecule has 0 fully saturated rings. The Morgan fingerprint density at radius 2 is 1.86 bits per heavy atom. The monoisotopic (exact) mass is 400 g/mol. The molecule has 0 saturated heterocycles. The van der Waals surface area contributed by atoms with Crippen molar-refractivity contribution < 1.29 is 19.4 Å². The van der Waals surface area contributed by atoms with Crippen LogP contribution in [0.2, 0.25) is 5.02 Å². The largest absolute Gasteiger partial charge is 0.461 e. The van der Waals surface area contributed by atoms with Crippen molar-refractivity contribution in [2.45, 2.75) is 31.9 Å². The van der Waals surface area contributed by atoms with E-state index in [-0.39, 0.29) is 31.1 Å². The normalized spacial score (nSPS) is 18.7. The van der Waals surface area contributed by atoms with Gasteiger partial charge in [0, 0.05) is 17.0 Å². The van der Waals surface area contributed by atoms with Crippen molar-refractivity contribution in [1.29, 1.82) is 0 Å². The molecule has 1 aliphatic rings. The highest BCUT2D eigenvalue weighted by molar-refractivity contribution is 6.37. The molecule has 146 valence electrons. The molecule has 1 N–H and O–H groups in total. The van der Waals surface area contributed by atoms with Gasteiger partial charge in [0.1, 0.15) is 0 Å². The summed E-state index contributed by atoms with van der Waals surface area (Å²) in [5.74, 6) is -1.03. The molecule has 1 heterocycles. The van der Waals surface area contributed by atoms with Crippen LogP contribution in [0, 0.1) is 0 Å². The van der Waals surface area contributed by atoms with E-state index < -0.39 is 11.7 Å². The molecule has 7 heteroatoms. The molecule has 0 radical (unpaired) electrons. The van der Waals surface area contributed by atoms with E-state index in [1.54, 1.807) is 31.2 Å². The third-order valence-corrected chi connectivity index (χ3v) is 4.76. The lowest BCUT2D eigenvalue weighted by atomic mass is 9.97. The zero-order valence-electron chi connectivity index (χ0n) is 15.5. The predicted octanol–water partition coefficient (Wildman–Crippen LogP) is 3.27. The van der Waals surface area contributed by atoms with Crippen LogP contribution in [-0.2, 0) is 26.5 Å². The minimum atomic E-state index is -1.76. The Bertz CT molecular complexity index is 883. The number of esters is 1. The maximum atomic E-state index is 12.9. The van der Waals surface area contributed by atoms with Crippen molar-refractivity contribution in [1.82, 2.24) is 5.01 Å². The summed E-state index contributed by atoms with van der Waals surface area (Å²) in [5, 5.41) is 16.9. The number of hydrazone groups is 1. The van der Waals surface area contributed by atoms with Crippen LogP contribution in [0.1, 0.15) is 30.9 Å². The predicted molar refractivity (Wildman–Crippen MR) is 106 cm³/mol. The Balaban J connectivity index is 1.86. The van der Waals surface area contributed by atoms with E-state index in [9.17, 15) is 14.7 Å². The molecule has 2 aromatic carbocycles. The minimum absolute atomic E-state index is 0.00682. The molecule has 0 aliphatic carbocycles. The van der Waals surface area contributed by atoms with Gasteiger partial charge in [0.05, 0.1) is 13.0 Å². The zero-order valence-corrected chi connectivity index (χ0v) is 16.2. The first-order valence-corrected chi connectivity index (χ1v) is 9.42. The second-order valence-corrected chi connectivity index (χ2v) is 6.90. The van der Waals surface area contributed by atoms with Gasteiger partial charge in [-0.05, 0) is 31.0 Å². The molecular weight excluding hydrogens is 380 g/mol. The van der Waals surface area contributed by atoms with Gasteiger partial charge in [-0.15, -0.1) is 0 Å². The SMILES string of the molecule is CCOC(=O)C1=NN(C(=O)CCc2ccccc2)C(O)(c2ccc(Cl)cc2)C1. The van der Waals surface area contributed by atoms with Crippen LogP contribution in [-0.4, -0.2) is 34.3 Å². The van der Waals surface area contributed by atoms with Crippen molar-refractivity contribution in [3.63, 3.8) is 0 Å². The number of carbonyl (C=O) groups is 2. The van der Waals surface area contributed by atoms with Crippen LogP contribution in [0.3, 0.4) is 0 Å². The van der Waals surface area contributed by atoms with Gasteiger partial charge in [-0.2, -0.15) is 10.1 Å². The summed E-state index contributed by atoms with van der Waals surface area (Å²) in [4.78, 5) is 25.0. The van der Waals surface area contributed by atoms with E-state index in [4.69, 9.17) is 16.3 Å². The quantitative estimate of drug-likeness (QED) is 0.755. The van der Waals surface area contributed by atoms with Crippen LogP contribution in [0.5, 0.6) is 0 Å². The van der Waals surface area contributed by atoms with E-state index in [2.05, 4.69) is 5.10 Å². The number of carbonyl (C=O) groups excluding carboxylic acids is 2. The third kappa shape index (κ3) is 4.24. The second kappa shape index (κ2) is 8.54. The van der Waals surface area contributed by atoms with Crippen molar-refractivity contribution in [2.24, 2.45) is 5.10 Å². The fourth-order valence-electron chi connectivity index (χ4n) is 3.08. The molecule has 2 aromatic rings. The summed E-state index contributed by atoms with van der Waals surface area (Å²) in [5.41, 5.74) is -0.333. The summed E-state index contributed by atoms with van der Waals surface area (Å²) in [6.07, 6.45) is 0.487. The summed E-state index contributed by atoms with van der Waals surface area (Å²) in [7, 11) is 0. The first-order chi connectivity index (χ1) is 13.4. The van der Waals surface area contributed by atoms with Crippen molar-refractivity contribution in [2.75, 3.05) is 6.61 Å². The van der Waals surface area contributed by atoms with E-state index in [1.165, 1.54) is 0 Å². The Morgan fingerprint density at radius 1 is 1.18 bits per heavy atom. The summed E-state index contributed by atoms with van der Waals surface area (Å²) < 4.78 is 4.99. The average Bonchev–Trinajstić information content (AvgIpc) is 3.06. The van der Waals surface area contributed by atoms with Crippen molar-refractivity contribution >= 4 is 29.2 Å². The molecular formula is C21H21ClN2O4. The Hall–Kier alpha value is -2.70. The van der Waals surface area contributed by atoms with E-state index >= 15 is 0 Å². The second-order valence-electron chi connectivity index (χ2n) is 6.46. The molecule has 1 aliphatic heterocycles. The van der Waals surface area contributed by atoms with E-state index in [0.717, 1.165) is 10.6 Å². The highest BCUT2D eigenvalue weighted by Crippen LogP contribution is 2.36. The van der Waals surface area contributed by atoms with Crippen molar-refractivity contribution in [3.05, 3.63) is 70.7 Å². The highest BCUT2D eigenvalue weighted by Gasteiger charge is 2.47. The number of nitrogens with zero attached hydrogens (tertiary/aromatic N) is 2. The van der Waals surface area contributed by atoms with Crippen LogP contribution in [0.4, 0.5) is 0 Å². The number of ether oxygens (including phenoxy) is 1. The molecule has 0 saturated carbocycles. The number of amides is 1. The molecule has 1 unspecified atom stereocenters. The Kier molecular flexibility index (Phi) is 6.11. The Morgan fingerprint density at radius 3 is 2.50 bits per heavy atom. The first kappa shape index (κ1) is 20.0. The van der Waals surface area contributed by atoms with Gasteiger partial charge in [-0.25, -0.2) is 4.79 Å².